The lowest BCUT2D eigenvalue weighted by Crippen LogP contribution is -2.33. The fourth-order valence-electron chi connectivity index (χ4n) is 3.16. The summed E-state index contributed by atoms with van der Waals surface area (Å²) in [6.07, 6.45) is 0.574. The first-order chi connectivity index (χ1) is 13.1. The second-order valence-electron chi connectivity index (χ2n) is 6.45. The minimum absolute atomic E-state index is 0.0396. The number of rotatable bonds is 6. The van der Waals surface area contributed by atoms with Gasteiger partial charge < -0.3 is 14.8 Å². The van der Waals surface area contributed by atoms with Crippen LogP contribution in [0, 0.1) is 11.3 Å². The van der Waals surface area contributed by atoms with Crippen molar-refractivity contribution < 1.29 is 14.3 Å². The van der Waals surface area contributed by atoms with Crippen LogP contribution in [0.1, 0.15) is 28.4 Å². The van der Waals surface area contributed by atoms with Crippen LogP contribution in [0.5, 0.6) is 5.75 Å². The topological polar surface area (TPSA) is 71.3 Å². The highest BCUT2D eigenvalue weighted by atomic mass is 79.9. The van der Waals surface area contributed by atoms with Crippen LogP contribution in [0.15, 0.2) is 40.9 Å². The average molecular weight is 429 g/mol. The van der Waals surface area contributed by atoms with E-state index >= 15 is 0 Å². The Morgan fingerprint density at radius 2 is 2.11 bits per heavy atom. The Labute approximate surface area is 167 Å². The van der Waals surface area contributed by atoms with E-state index in [0.717, 1.165) is 34.3 Å². The molecule has 0 aromatic heterocycles. The minimum Gasteiger partial charge on any atom is -0.496 e. The van der Waals surface area contributed by atoms with Crippen molar-refractivity contribution in [2.75, 3.05) is 26.8 Å². The van der Waals surface area contributed by atoms with Crippen molar-refractivity contribution in [1.29, 1.82) is 5.26 Å². The summed E-state index contributed by atoms with van der Waals surface area (Å²) in [5.41, 5.74) is 3.28. The SMILES string of the molecule is COc1ccc(C#N)cc1CC(=O)Cc1ccc([C@@H]2CNCCO2)cc1Br. The van der Waals surface area contributed by atoms with E-state index in [-0.39, 0.29) is 18.3 Å². The molecule has 0 spiro atoms. The maximum Gasteiger partial charge on any atom is 0.141 e. The highest BCUT2D eigenvalue weighted by Crippen LogP contribution is 2.27. The molecule has 0 aliphatic carbocycles. The van der Waals surface area contributed by atoms with Crippen molar-refractivity contribution in [2.24, 2.45) is 0 Å². The number of benzene rings is 2. The van der Waals surface area contributed by atoms with Crippen molar-refractivity contribution in [1.82, 2.24) is 5.32 Å². The molecule has 0 radical (unpaired) electrons. The van der Waals surface area contributed by atoms with Crippen molar-refractivity contribution in [3.63, 3.8) is 0 Å². The van der Waals surface area contributed by atoms with E-state index in [1.807, 2.05) is 18.2 Å². The number of nitrogens with zero attached hydrogens (tertiary/aromatic N) is 1. The van der Waals surface area contributed by atoms with E-state index < -0.39 is 0 Å². The third-order valence-corrected chi connectivity index (χ3v) is 5.30. The number of nitrogens with one attached hydrogen (secondary N) is 1. The maximum atomic E-state index is 12.6. The number of carbonyl (C=O) groups excluding carboxylic acids is 1. The Morgan fingerprint density at radius 3 is 2.78 bits per heavy atom. The summed E-state index contributed by atoms with van der Waals surface area (Å²) in [5.74, 6) is 0.686. The average Bonchev–Trinajstić information content (AvgIpc) is 2.70. The smallest absolute Gasteiger partial charge is 0.141 e. The summed E-state index contributed by atoms with van der Waals surface area (Å²) < 4.78 is 12.0. The molecule has 3 rings (SSSR count). The summed E-state index contributed by atoms with van der Waals surface area (Å²) in [6.45, 7) is 2.37. The van der Waals surface area contributed by atoms with Gasteiger partial charge in [0.1, 0.15) is 11.5 Å². The summed E-state index contributed by atoms with van der Waals surface area (Å²) in [7, 11) is 1.56. The molecule has 1 saturated heterocycles. The zero-order chi connectivity index (χ0) is 19.2. The highest BCUT2D eigenvalue weighted by molar-refractivity contribution is 9.10. The molecule has 140 valence electrons. The van der Waals surface area contributed by atoms with Gasteiger partial charge in [-0.1, -0.05) is 28.1 Å². The van der Waals surface area contributed by atoms with Gasteiger partial charge in [-0.15, -0.1) is 0 Å². The molecule has 1 atom stereocenters. The first kappa shape index (κ1) is 19.6. The molecular weight excluding hydrogens is 408 g/mol. The third-order valence-electron chi connectivity index (χ3n) is 4.56. The number of carbonyl (C=O) groups is 1. The second-order valence-corrected chi connectivity index (χ2v) is 7.30. The van der Waals surface area contributed by atoms with Crippen molar-refractivity contribution in [2.45, 2.75) is 18.9 Å². The van der Waals surface area contributed by atoms with Crippen LogP contribution >= 0.6 is 15.9 Å². The molecule has 1 aliphatic rings. The number of morpholine rings is 1. The molecule has 0 unspecified atom stereocenters. The Kier molecular flexibility index (Phi) is 6.62. The van der Waals surface area contributed by atoms with Crippen LogP contribution in [0.25, 0.3) is 0 Å². The van der Waals surface area contributed by atoms with Gasteiger partial charge >= 0.3 is 0 Å². The number of methoxy groups -OCH3 is 1. The number of ether oxygens (including phenoxy) is 2. The summed E-state index contributed by atoms with van der Waals surface area (Å²) in [6, 6.07) is 13.2. The molecule has 27 heavy (non-hydrogen) atoms. The fourth-order valence-corrected chi connectivity index (χ4v) is 3.70. The van der Waals surface area contributed by atoms with Gasteiger partial charge in [0.25, 0.3) is 0 Å². The van der Waals surface area contributed by atoms with Gasteiger partial charge in [0.15, 0.2) is 0 Å². The molecule has 5 nitrogen and oxygen atoms in total. The standard InChI is InChI=1S/C21H21BrN2O3/c1-26-20-5-2-14(12-23)8-17(20)10-18(25)9-15-3-4-16(11-19(15)22)21-13-24-6-7-27-21/h2-5,8,11,21,24H,6-7,9-10,13H2,1H3/t21-/m0/s1. The molecule has 1 heterocycles. The lowest BCUT2D eigenvalue weighted by atomic mass is 9.99. The van der Waals surface area contributed by atoms with Crippen LogP contribution in [0.4, 0.5) is 0 Å². The summed E-state index contributed by atoms with van der Waals surface area (Å²) in [5, 5.41) is 12.4. The molecule has 0 saturated carbocycles. The van der Waals surface area contributed by atoms with Crippen LogP contribution < -0.4 is 10.1 Å². The zero-order valence-electron chi connectivity index (χ0n) is 15.1. The maximum absolute atomic E-state index is 12.6. The summed E-state index contributed by atoms with van der Waals surface area (Å²) in [4.78, 5) is 12.6. The number of hydrogen-bond donors (Lipinski definition) is 1. The van der Waals surface area contributed by atoms with E-state index in [4.69, 9.17) is 14.7 Å². The Bertz CT molecular complexity index is 870. The molecule has 0 amide bonds. The van der Waals surface area contributed by atoms with Crippen molar-refractivity contribution >= 4 is 21.7 Å². The molecule has 2 aromatic rings. The lowest BCUT2D eigenvalue weighted by molar-refractivity contribution is -0.117. The number of halogens is 1. The van der Waals surface area contributed by atoms with Gasteiger partial charge in [-0.2, -0.15) is 5.26 Å². The molecular formula is C21H21BrN2O3. The van der Waals surface area contributed by atoms with Crippen LogP contribution in [0.2, 0.25) is 0 Å². The highest BCUT2D eigenvalue weighted by Gasteiger charge is 2.18. The molecule has 1 aliphatic heterocycles. The normalized spacial score (nSPS) is 16.6. The van der Waals surface area contributed by atoms with Gasteiger partial charge in [0.05, 0.1) is 31.5 Å². The molecule has 2 aromatic carbocycles. The molecule has 6 heteroatoms. The number of hydrogen-bond acceptors (Lipinski definition) is 5. The first-order valence-corrected chi connectivity index (χ1v) is 9.59. The van der Waals surface area contributed by atoms with Crippen molar-refractivity contribution in [3.05, 3.63) is 63.1 Å². The minimum atomic E-state index is 0.0396. The van der Waals surface area contributed by atoms with Gasteiger partial charge in [0.2, 0.25) is 0 Å². The first-order valence-electron chi connectivity index (χ1n) is 8.80. The molecule has 0 bridgehead atoms. The van der Waals surface area contributed by atoms with E-state index in [1.54, 1.807) is 25.3 Å². The number of Topliss-reactive ketones (excluding diaryl/α,β-unsaturated/α-hetero) is 1. The summed E-state index contributed by atoms with van der Waals surface area (Å²) >= 11 is 3.58. The lowest BCUT2D eigenvalue weighted by Gasteiger charge is -2.24. The van der Waals surface area contributed by atoms with E-state index in [1.165, 1.54) is 0 Å². The predicted molar refractivity (Wildman–Crippen MR) is 106 cm³/mol. The van der Waals surface area contributed by atoms with Gasteiger partial charge in [-0.25, -0.2) is 0 Å². The Balaban J connectivity index is 1.70. The third kappa shape index (κ3) is 4.95. The fraction of sp³-hybridized carbons (Fsp3) is 0.333. The monoisotopic (exact) mass is 428 g/mol. The van der Waals surface area contributed by atoms with E-state index in [0.29, 0.717) is 24.3 Å². The quantitative estimate of drug-likeness (QED) is 0.763. The van der Waals surface area contributed by atoms with Crippen LogP contribution in [-0.2, 0) is 22.4 Å². The largest absolute Gasteiger partial charge is 0.496 e. The van der Waals surface area contributed by atoms with Gasteiger partial charge in [-0.05, 0) is 35.4 Å². The Morgan fingerprint density at radius 1 is 1.30 bits per heavy atom. The molecule has 1 fully saturated rings. The predicted octanol–water partition coefficient (Wildman–Crippen LogP) is 3.34. The van der Waals surface area contributed by atoms with Gasteiger partial charge in [0, 0.05) is 36.0 Å². The van der Waals surface area contributed by atoms with Crippen LogP contribution in [0.3, 0.4) is 0 Å². The zero-order valence-corrected chi connectivity index (χ0v) is 16.7. The molecule has 1 N–H and O–H groups in total. The van der Waals surface area contributed by atoms with E-state index in [9.17, 15) is 4.79 Å². The van der Waals surface area contributed by atoms with Crippen LogP contribution in [-0.4, -0.2) is 32.6 Å². The second kappa shape index (κ2) is 9.14. The number of nitriles is 1. The number of ketones is 1. The Hall–Kier alpha value is -2.20. The van der Waals surface area contributed by atoms with Gasteiger partial charge in [-0.3, -0.25) is 4.79 Å². The van der Waals surface area contributed by atoms with E-state index in [2.05, 4.69) is 27.3 Å². The van der Waals surface area contributed by atoms with Crippen molar-refractivity contribution in [3.8, 4) is 11.8 Å².